The van der Waals surface area contributed by atoms with Crippen LogP contribution < -0.4 is 5.32 Å². The molecule has 0 radical (unpaired) electrons. The second-order valence-corrected chi connectivity index (χ2v) is 3.47. The fourth-order valence-electron chi connectivity index (χ4n) is 1.37. The highest BCUT2D eigenvalue weighted by Gasteiger charge is 2.07. The van der Waals surface area contributed by atoms with E-state index in [0.29, 0.717) is 0 Å². The summed E-state index contributed by atoms with van der Waals surface area (Å²) in [5.74, 6) is -0.148. The zero-order valence-corrected chi connectivity index (χ0v) is 9.11. The molecule has 5 heteroatoms. The lowest BCUT2D eigenvalue weighted by Crippen LogP contribution is -2.00. The second-order valence-electron chi connectivity index (χ2n) is 3.47. The SMILES string of the molecule is Cc1ccc(F)c(Nc2nccnc2C#N)c1. The first-order chi connectivity index (χ1) is 8.20. The normalized spacial score (nSPS) is 9.71. The Labute approximate surface area is 97.8 Å². The zero-order valence-electron chi connectivity index (χ0n) is 9.11. The summed E-state index contributed by atoms with van der Waals surface area (Å²) in [5.41, 5.74) is 1.33. The van der Waals surface area contributed by atoms with Crippen LogP contribution in [0.2, 0.25) is 0 Å². The molecule has 0 fully saturated rings. The molecular weight excluding hydrogens is 219 g/mol. The minimum absolute atomic E-state index is 0.133. The van der Waals surface area contributed by atoms with Crippen LogP contribution in [0.25, 0.3) is 0 Å². The molecule has 1 N–H and O–H groups in total. The second kappa shape index (κ2) is 4.58. The van der Waals surface area contributed by atoms with E-state index in [1.54, 1.807) is 12.1 Å². The summed E-state index contributed by atoms with van der Waals surface area (Å²) in [5, 5.41) is 11.6. The monoisotopic (exact) mass is 228 g/mol. The summed E-state index contributed by atoms with van der Waals surface area (Å²) in [6.07, 6.45) is 2.85. The van der Waals surface area contributed by atoms with Crippen LogP contribution in [0.3, 0.4) is 0 Å². The fourth-order valence-corrected chi connectivity index (χ4v) is 1.37. The Kier molecular flexibility index (Phi) is 2.97. The number of hydrogen-bond donors (Lipinski definition) is 1. The predicted molar refractivity (Wildman–Crippen MR) is 61.2 cm³/mol. The van der Waals surface area contributed by atoms with Crippen LogP contribution in [0.15, 0.2) is 30.6 Å². The molecule has 0 aliphatic heterocycles. The van der Waals surface area contributed by atoms with Crippen LogP contribution in [0.1, 0.15) is 11.3 Å². The molecule has 17 heavy (non-hydrogen) atoms. The van der Waals surface area contributed by atoms with Gasteiger partial charge in [-0.3, -0.25) is 0 Å². The standard InChI is InChI=1S/C12H9FN4/c1-8-2-3-9(13)10(6-8)17-12-11(7-14)15-4-5-16-12/h2-6H,1H3,(H,16,17). The van der Waals surface area contributed by atoms with Crippen molar-refractivity contribution in [3.63, 3.8) is 0 Å². The van der Waals surface area contributed by atoms with Crippen molar-refractivity contribution in [2.24, 2.45) is 0 Å². The first kappa shape index (κ1) is 11.0. The maximum Gasteiger partial charge on any atom is 0.183 e. The zero-order chi connectivity index (χ0) is 12.3. The molecule has 1 heterocycles. The topological polar surface area (TPSA) is 61.6 Å². The lowest BCUT2D eigenvalue weighted by Gasteiger charge is -2.07. The molecule has 4 nitrogen and oxygen atoms in total. The molecule has 0 spiro atoms. The molecule has 84 valence electrons. The van der Waals surface area contributed by atoms with Gasteiger partial charge < -0.3 is 5.32 Å². The lowest BCUT2D eigenvalue weighted by atomic mass is 10.2. The molecule has 0 aliphatic carbocycles. The molecule has 0 aliphatic rings. The molecule has 0 saturated carbocycles. The van der Waals surface area contributed by atoms with Gasteiger partial charge in [0.15, 0.2) is 11.5 Å². The largest absolute Gasteiger partial charge is 0.335 e. The first-order valence-electron chi connectivity index (χ1n) is 4.95. The quantitative estimate of drug-likeness (QED) is 0.857. The predicted octanol–water partition coefficient (Wildman–Crippen LogP) is 2.54. The van der Waals surface area contributed by atoms with E-state index in [9.17, 15) is 4.39 Å². The summed E-state index contributed by atoms with van der Waals surface area (Å²) in [7, 11) is 0. The average molecular weight is 228 g/mol. The molecule has 1 aromatic heterocycles. The van der Waals surface area contributed by atoms with Gasteiger partial charge in [0, 0.05) is 12.4 Å². The summed E-state index contributed by atoms with van der Waals surface area (Å²) >= 11 is 0. The number of aryl methyl sites for hydroxylation is 1. The van der Waals surface area contributed by atoms with Crippen molar-refractivity contribution in [2.75, 3.05) is 5.32 Å². The smallest absolute Gasteiger partial charge is 0.183 e. The number of anilines is 2. The molecule has 0 saturated heterocycles. The Balaban J connectivity index is 2.38. The molecule has 0 amide bonds. The van der Waals surface area contributed by atoms with Gasteiger partial charge in [-0.15, -0.1) is 0 Å². The van der Waals surface area contributed by atoms with Crippen LogP contribution in [0.5, 0.6) is 0 Å². The van der Waals surface area contributed by atoms with Gasteiger partial charge in [0.25, 0.3) is 0 Å². The molecule has 2 rings (SSSR count). The molecule has 2 aromatic rings. The van der Waals surface area contributed by atoms with Gasteiger partial charge >= 0.3 is 0 Å². The molecule has 1 aromatic carbocycles. The third-order valence-corrected chi connectivity index (χ3v) is 2.18. The van der Waals surface area contributed by atoms with Crippen molar-refractivity contribution in [3.05, 3.63) is 47.7 Å². The van der Waals surface area contributed by atoms with E-state index in [4.69, 9.17) is 5.26 Å². The highest BCUT2D eigenvalue weighted by atomic mass is 19.1. The van der Waals surface area contributed by atoms with Gasteiger partial charge in [-0.05, 0) is 24.6 Å². The minimum atomic E-state index is -0.398. The number of aromatic nitrogens is 2. The molecular formula is C12H9FN4. The summed E-state index contributed by atoms with van der Waals surface area (Å²) in [4.78, 5) is 7.79. The Morgan fingerprint density at radius 2 is 2.06 bits per heavy atom. The maximum absolute atomic E-state index is 13.5. The summed E-state index contributed by atoms with van der Waals surface area (Å²) < 4.78 is 13.5. The van der Waals surface area contributed by atoms with Gasteiger partial charge in [-0.25, -0.2) is 14.4 Å². The van der Waals surface area contributed by atoms with Gasteiger partial charge in [0.1, 0.15) is 11.9 Å². The van der Waals surface area contributed by atoms with E-state index >= 15 is 0 Å². The van der Waals surface area contributed by atoms with Gasteiger partial charge in [0.05, 0.1) is 5.69 Å². The number of nitriles is 1. The van der Waals surface area contributed by atoms with Gasteiger partial charge in [-0.2, -0.15) is 5.26 Å². The van der Waals surface area contributed by atoms with E-state index in [1.165, 1.54) is 18.5 Å². The van der Waals surface area contributed by atoms with Crippen LogP contribution >= 0.6 is 0 Å². The summed E-state index contributed by atoms with van der Waals surface area (Å²) in [6, 6.07) is 6.57. The van der Waals surface area contributed by atoms with Crippen molar-refractivity contribution in [3.8, 4) is 6.07 Å². The third kappa shape index (κ3) is 2.37. The number of nitrogens with zero attached hydrogens (tertiary/aromatic N) is 3. The van der Waals surface area contributed by atoms with Crippen LogP contribution in [0.4, 0.5) is 15.9 Å². The number of benzene rings is 1. The third-order valence-electron chi connectivity index (χ3n) is 2.18. The highest BCUT2D eigenvalue weighted by Crippen LogP contribution is 2.20. The van der Waals surface area contributed by atoms with Crippen molar-refractivity contribution in [2.45, 2.75) is 6.92 Å². The Hall–Kier alpha value is -2.48. The lowest BCUT2D eigenvalue weighted by molar-refractivity contribution is 0.631. The van der Waals surface area contributed by atoms with Crippen LogP contribution in [0, 0.1) is 24.1 Å². The van der Waals surface area contributed by atoms with E-state index in [0.717, 1.165) is 5.56 Å². The number of rotatable bonds is 2. The molecule has 0 bridgehead atoms. The van der Waals surface area contributed by atoms with Crippen molar-refractivity contribution in [1.82, 2.24) is 9.97 Å². The van der Waals surface area contributed by atoms with Crippen molar-refractivity contribution in [1.29, 1.82) is 5.26 Å². The van der Waals surface area contributed by atoms with E-state index in [-0.39, 0.29) is 17.2 Å². The van der Waals surface area contributed by atoms with Crippen LogP contribution in [-0.2, 0) is 0 Å². The Morgan fingerprint density at radius 3 is 2.82 bits per heavy atom. The minimum Gasteiger partial charge on any atom is -0.335 e. The van der Waals surface area contributed by atoms with E-state index in [1.807, 2.05) is 13.0 Å². The summed E-state index contributed by atoms with van der Waals surface area (Å²) in [6.45, 7) is 1.85. The molecule has 0 unspecified atom stereocenters. The van der Waals surface area contributed by atoms with E-state index < -0.39 is 5.82 Å². The maximum atomic E-state index is 13.5. The Bertz CT molecular complexity index is 589. The fraction of sp³-hybridized carbons (Fsp3) is 0.0833. The molecule has 0 atom stereocenters. The first-order valence-corrected chi connectivity index (χ1v) is 4.95. The Morgan fingerprint density at radius 1 is 1.29 bits per heavy atom. The highest BCUT2D eigenvalue weighted by molar-refractivity contribution is 5.61. The number of nitrogens with one attached hydrogen (secondary N) is 1. The van der Waals surface area contributed by atoms with E-state index in [2.05, 4.69) is 15.3 Å². The number of hydrogen-bond acceptors (Lipinski definition) is 4. The van der Waals surface area contributed by atoms with Crippen LogP contribution in [-0.4, -0.2) is 9.97 Å². The average Bonchev–Trinajstić information content (AvgIpc) is 2.34. The van der Waals surface area contributed by atoms with Gasteiger partial charge in [0.2, 0.25) is 0 Å². The van der Waals surface area contributed by atoms with Gasteiger partial charge in [-0.1, -0.05) is 6.07 Å². The van der Waals surface area contributed by atoms with Crippen molar-refractivity contribution >= 4 is 11.5 Å². The number of halogens is 1. The van der Waals surface area contributed by atoms with Crippen molar-refractivity contribution < 1.29 is 4.39 Å².